The van der Waals surface area contributed by atoms with E-state index < -0.39 is 0 Å². The van der Waals surface area contributed by atoms with Crippen LogP contribution in [0.15, 0.2) is 140 Å². The molecule has 43 heavy (non-hydrogen) atoms. The number of hydrogen-bond acceptors (Lipinski definition) is 0. The topological polar surface area (TPSA) is 0 Å². The Morgan fingerprint density at radius 3 is 1.70 bits per heavy atom. The van der Waals surface area contributed by atoms with Gasteiger partial charge in [0.2, 0.25) is 0 Å². The smallest absolute Gasteiger partial charge is 0.0158 e. The van der Waals surface area contributed by atoms with Gasteiger partial charge in [0.1, 0.15) is 0 Å². The lowest BCUT2D eigenvalue weighted by Gasteiger charge is -2.21. The van der Waals surface area contributed by atoms with Gasteiger partial charge in [-0.25, -0.2) is 0 Å². The number of aryl methyl sites for hydroxylation is 3. The molecule has 2 aliphatic carbocycles. The number of fused-ring (bicyclic) bond motifs is 6. The summed E-state index contributed by atoms with van der Waals surface area (Å²) in [5.74, 6) is 0. The lowest BCUT2D eigenvalue weighted by Crippen LogP contribution is -2.14. The van der Waals surface area contributed by atoms with Crippen molar-refractivity contribution >= 4 is 0 Å². The maximum atomic E-state index is 2.33. The zero-order chi connectivity index (χ0) is 30.0. The number of rotatable bonds is 1. The molecular weight excluding hydrogens is 516 g/mol. The van der Waals surface area contributed by atoms with Crippen molar-refractivity contribution in [2.75, 3.05) is 0 Å². The van der Waals surface area contributed by atoms with Gasteiger partial charge >= 0.3 is 0 Å². The van der Waals surface area contributed by atoms with Gasteiger partial charge in [-0.3, -0.25) is 0 Å². The van der Waals surface area contributed by atoms with Crippen molar-refractivity contribution in [3.05, 3.63) is 178 Å². The molecule has 0 unspecified atom stereocenters. The Bertz CT molecular complexity index is 1890. The van der Waals surface area contributed by atoms with Crippen molar-refractivity contribution in [1.82, 2.24) is 0 Å². The summed E-state index contributed by atoms with van der Waals surface area (Å²) >= 11 is 0. The summed E-state index contributed by atoms with van der Waals surface area (Å²) in [6.07, 6.45) is 1.10. The van der Waals surface area contributed by atoms with Gasteiger partial charge in [-0.15, -0.1) is 0 Å². The second-order valence-corrected chi connectivity index (χ2v) is 12.4. The highest BCUT2D eigenvalue weighted by molar-refractivity contribution is 5.81. The third-order valence-corrected chi connectivity index (χ3v) is 8.92. The molecule has 0 heterocycles. The normalized spacial score (nSPS) is 12.9. The van der Waals surface area contributed by atoms with E-state index in [2.05, 4.69) is 168 Å². The van der Waals surface area contributed by atoms with Crippen LogP contribution in [-0.4, -0.2) is 0 Å². The van der Waals surface area contributed by atoms with Crippen LogP contribution in [-0.2, 0) is 11.8 Å². The molecule has 6 aromatic rings. The molecule has 0 spiro atoms. The van der Waals surface area contributed by atoms with Crippen molar-refractivity contribution in [3.8, 4) is 33.4 Å². The van der Waals surface area contributed by atoms with E-state index in [1.807, 2.05) is 6.07 Å². The minimum Gasteiger partial charge on any atom is -0.0622 e. The zero-order valence-electron chi connectivity index (χ0n) is 26.0. The van der Waals surface area contributed by atoms with E-state index in [1.54, 1.807) is 0 Å². The van der Waals surface area contributed by atoms with Gasteiger partial charge in [0.05, 0.1) is 0 Å². The van der Waals surface area contributed by atoms with Crippen LogP contribution in [0.2, 0.25) is 0 Å². The molecule has 8 rings (SSSR count). The molecule has 0 atom stereocenters. The largest absolute Gasteiger partial charge is 0.0622 e. The molecule has 0 aromatic heterocycles. The fraction of sp³-hybridized carbons (Fsp3) is 0.163. The van der Waals surface area contributed by atoms with E-state index in [4.69, 9.17) is 0 Å². The van der Waals surface area contributed by atoms with E-state index in [-0.39, 0.29) is 5.41 Å². The van der Waals surface area contributed by atoms with E-state index in [0.717, 1.165) is 6.42 Å². The Kier molecular flexibility index (Phi) is 7.87. The summed E-state index contributed by atoms with van der Waals surface area (Å²) in [5.41, 5.74) is 18.3. The molecule has 0 saturated carbocycles. The summed E-state index contributed by atoms with van der Waals surface area (Å²) in [6, 6.07) is 49.9. The molecular formula is C43H40. The first-order valence-corrected chi connectivity index (χ1v) is 15.3. The summed E-state index contributed by atoms with van der Waals surface area (Å²) in [7, 11) is 0. The lowest BCUT2D eigenvalue weighted by molar-refractivity contribution is 0.660. The zero-order valence-corrected chi connectivity index (χ0v) is 26.0. The Morgan fingerprint density at radius 2 is 0.953 bits per heavy atom. The summed E-state index contributed by atoms with van der Waals surface area (Å²) in [4.78, 5) is 0. The van der Waals surface area contributed by atoms with E-state index in [1.165, 1.54) is 72.3 Å². The van der Waals surface area contributed by atoms with Crippen molar-refractivity contribution in [2.24, 2.45) is 0 Å². The van der Waals surface area contributed by atoms with Crippen LogP contribution in [0.25, 0.3) is 33.4 Å². The van der Waals surface area contributed by atoms with Gasteiger partial charge in [-0.05, 0) is 88.4 Å². The van der Waals surface area contributed by atoms with Crippen LogP contribution >= 0.6 is 0 Å². The molecule has 0 radical (unpaired) electrons. The maximum Gasteiger partial charge on any atom is 0.0158 e. The predicted molar refractivity (Wildman–Crippen MR) is 185 cm³/mol. The van der Waals surface area contributed by atoms with Crippen LogP contribution < -0.4 is 0 Å². The molecule has 0 bridgehead atoms. The van der Waals surface area contributed by atoms with Gasteiger partial charge in [-0.2, -0.15) is 0 Å². The van der Waals surface area contributed by atoms with E-state index in [9.17, 15) is 0 Å². The van der Waals surface area contributed by atoms with E-state index in [0.29, 0.717) is 0 Å². The Hall–Kier alpha value is -4.68. The summed E-state index contributed by atoms with van der Waals surface area (Å²) < 4.78 is 0. The quantitative estimate of drug-likeness (QED) is 0.189. The summed E-state index contributed by atoms with van der Waals surface area (Å²) in [6.45, 7) is 11.1. The molecule has 0 amide bonds. The van der Waals surface area contributed by atoms with Gasteiger partial charge in [0, 0.05) is 5.41 Å². The molecule has 212 valence electrons. The van der Waals surface area contributed by atoms with Crippen molar-refractivity contribution in [2.45, 2.75) is 46.5 Å². The van der Waals surface area contributed by atoms with Crippen LogP contribution in [0.3, 0.4) is 0 Å². The minimum atomic E-state index is 0.151. The Labute approximate surface area is 257 Å². The van der Waals surface area contributed by atoms with Crippen LogP contribution in [0.5, 0.6) is 0 Å². The van der Waals surface area contributed by atoms with Crippen molar-refractivity contribution in [1.29, 1.82) is 0 Å². The third kappa shape index (κ3) is 5.71. The second kappa shape index (κ2) is 11.9. The number of hydrogen-bond donors (Lipinski definition) is 0. The first-order chi connectivity index (χ1) is 20.8. The number of benzene rings is 6. The molecule has 0 aliphatic heterocycles. The molecule has 0 heteroatoms. The molecule has 0 N–H and O–H groups in total. The molecule has 6 aromatic carbocycles. The third-order valence-electron chi connectivity index (χ3n) is 8.92. The Morgan fingerprint density at radius 1 is 0.419 bits per heavy atom. The second-order valence-electron chi connectivity index (χ2n) is 12.4. The standard InChI is InChI=1S/C16H16.C14H12.C13H12/c1-11-8-9-13-12-6-4-5-7-14(12)16(2,3)15(13)10-11;1-10-6-7-14-12(8-10)9-11-4-2-3-5-13(11)14;1-11-7-5-6-10-13(11)12-8-3-2-4-9-12/h4-10H,1-3H3;2-8H,9H2,1H3;2-10H,1H3. The van der Waals surface area contributed by atoms with Crippen molar-refractivity contribution < 1.29 is 0 Å². The first-order valence-electron chi connectivity index (χ1n) is 15.3. The van der Waals surface area contributed by atoms with Gasteiger partial charge < -0.3 is 0 Å². The Balaban J connectivity index is 0.000000116. The molecule has 0 saturated heterocycles. The predicted octanol–water partition coefficient (Wildman–Crippen LogP) is 11.5. The maximum absolute atomic E-state index is 2.33. The fourth-order valence-corrected chi connectivity index (χ4v) is 6.61. The average Bonchev–Trinajstić information content (AvgIpc) is 3.50. The van der Waals surface area contributed by atoms with E-state index >= 15 is 0 Å². The molecule has 2 aliphatic rings. The highest BCUT2D eigenvalue weighted by Crippen LogP contribution is 2.48. The highest BCUT2D eigenvalue weighted by Gasteiger charge is 2.34. The van der Waals surface area contributed by atoms with Crippen molar-refractivity contribution in [3.63, 3.8) is 0 Å². The van der Waals surface area contributed by atoms with Gasteiger partial charge in [0.25, 0.3) is 0 Å². The van der Waals surface area contributed by atoms with Gasteiger partial charge in [-0.1, -0.05) is 165 Å². The van der Waals surface area contributed by atoms with Crippen LogP contribution in [0.1, 0.15) is 52.8 Å². The minimum absolute atomic E-state index is 0.151. The molecule has 0 nitrogen and oxygen atoms in total. The SMILES string of the molecule is Cc1ccc2c(c1)C(C)(C)c1ccccc1-2.Cc1ccc2c(c1)Cc1ccccc1-2.Cc1ccccc1-c1ccccc1. The van der Waals surface area contributed by atoms with Crippen LogP contribution in [0.4, 0.5) is 0 Å². The highest BCUT2D eigenvalue weighted by atomic mass is 14.4. The average molecular weight is 557 g/mol. The lowest BCUT2D eigenvalue weighted by atomic mass is 9.82. The van der Waals surface area contributed by atoms with Gasteiger partial charge in [0.15, 0.2) is 0 Å². The monoisotopic (exact) mass is 556 g/mol. The molecule has 0 fully saturated rings. The fourth-order valence-electron chi connectivity index (χ4n) is 6.61. The van der Waals surface area contributed by atoms with Crippen LogP contribution in [0, 0.1) is 20.8 Å². The first kappa shape index (κ1) is 28.4. The summed E-state index contributed by atoms with van der Waals surface area (Å²) in [5, 5.41) is 0.